The minimum absolute atomic E-state index is 0.219. The van der Waals surface area contributed by atoms with Crippen LogP contribution >= 0.6 is 0 Å². The lowest BCUT2D eigenvalue weighted by Gasteiger charge is -2.22. The van der Waals surface area contributed by atoms with Crippen LogP contribution in [-0.4, -0.2) is 13.7 Å². The molecular weight excluding hydrogens is 196 g/mol. The van der Waals surface area contributed by atoms with Crippen molar-refractivity contribution in [2.45, 2.75) is 40.0 Å². The number of hydrogen-bond donors (Lipinski definition) is 2. The van der Waals surface area contributed by atoms with E-state index in [1.165, 1.54) is 22.4 Å². The molecule has 2 nitrogen and oxygen atoms in total. The fraction of sp³-hybridized carbons (Fsp3) is 0.571. The summed E-state index contributed by atoms with van der Waals surface area (Å²) in [5.41, 5.74) is 5.51. The van der Waals surface area contributed by atoms with Gasteiger partial charge in [-0.15, -0.1) is 0 Å². The van der Waals surface area contributed by atoms with E-state index >= 15 is 0 Å². The van der Waals surface area contributed by atoms with Gasteiger partial charge in [-0.05, 0) is 43.0 Å². The molecule has 16 heavy (non-hydrogen) atoms. The second-order valence-corrected chi connectivity index (χ2v) is 5.44. The average molecular weight is 220 g/mol. The summed E-state index contributed by atoms with van der Waals surface area (Å²) in [6, 6.07) is 4.57. The highest BCUT2D eigenvalue weighted by Crippen LogP contribution is 2.29. The molecule has 0 amide bonds. The molecule has 0 unspecified atom stereocenters. The van der Waals surface area contributed by atoms with Crippen LogP contribution in [-0.2, 0) is 5.41 Å². The van der Waals surface area contributed by atoms with E-state index in [1.54, 1.807) is 0 Å². The second kappa shape index (κ2) is 4.88. The molecule has 2 N–H and O–H groups in total. The number of rotatable bonds is 3. The van der Waals surface area contributed by atoms with Crippen LogP contribution in [0.5, 0.6) is 0 Å². The van der Waals surface area contributed by atoms with Gasteiger partial charge >= 0.3 is 0 Å². The molecule has 0 heterocycles. The Labute approximate surface area is 99.5 Å². The largest absolute Gasteiger partial charge is 0.372 e. The van der Waals surface area contributed by atoms with Gasteiger partial charge in [-0.3, -0.25) is 0 Å². The third-order valence-electron chi connectivity index (χ3n) is 2.84. The zero-order valence-electron chi connectivity index (χ0n) is 11.4. The van der Waals surface area contributed by atoms with Gasteiger partial charge in [-0.25, -0.2) is 0 Å². The summed E-state index contributed by atoms with van der Waals surface area (Å²) >= 11 is 0. The predicted octanol–water partition coefficient (Wildman–Crippen LogP) is 3.19. The molecule has 0 aliphatic rings. The molecule has 0 bridgehead atoms. The average Bonchev–Trinajstić information content (AvgIpc) is 2.15. The van der Waals surface area contributed by atoms with Crippen LogP contribution in [0, 0.1) is 13.8 Å². The summed E-state index contributed by atoms with van der Waals surface area (Å²) in [5.74, 6) is 0. The Kier molecular flexibility index (Phi) is 3.98. The number of anilines is 1. The summed E-state index contributed by atoms with van der Waals surface area (Å²) in [5, 5.41) is 6.50. The predicted molar refractivity (Wildman–Crippen MR) is 72.2 cm³/mol. The maximum atomic E-state index is 3.40. The third kappa shape index (κ3) is 2.99. The SMILES string of the molecule is CNCNc1c(C)cc(C(C)(C)C)cc1C. The summed E-state index contributed by atoms with van der Waals surface area (Å²) in [7, 11) is 1.95. The topological polar surface area (TPSA) is 24.1 Å². The van der Waals surface area contributed by atoms with Crippen LogP contribution < -0.4 is 10.6 Å². The van der Waals surface area contributed by atoms with Gasteiger partial charge in [-0.1, -0.05) is 32.9 Å². The third-order valence-corrected chi connectivity index (χ3v) is 2.84. The minimum atomic E-state index is 0.219. The number of hydrogen-bond acceptors (Lipinski definition) is 2. The van der Waals surface area contributed by atoms with Crippen molar-refractivity contribution in [3.05, 3.63) is 28.8 Å². The molecule has 0 saturated heterocycles. The van der Waals surface area contributed by atoms with Crippen molar-refractivity contribution < 1.29 is 0 Å². The molecule has 1 aromatic rings. The Hall–Kier alpha value is -1.02. The minimum Gasteiger partial charge on any atom is -0.372 e. The molecular formula is C14H24N2. The normalized spacial score (nSPS) is 11.6. The Morgan fingerprint density at radius 1 is 1.06 bits per heavy atom. The highest BCUT2D eigenvalue weighted by atomic mass is 15.0. The quantitative estimate of drug-likeness (QED) is 0.764. The molecule has 0 fully saturated rings. The van der Waals surface area contributed by atoms with Gasteiger partial charge in [0.2, 0.25) is 0 Å². The molecule has 0 aromatic heterocycles. The first-order valence-electron chi connectivity index (χ1n) is 5.86. The first kappa shape index (κ1) is 13.0. The molecule has 90 valence electrons. The molecule has 0 radical (unpaired) electrons. The Balaban J connectivity index is 3.08. The van der Waals surface area contributed by atoms with Crippen LogP contribution in [0.25, 0.3) is 0 Å². The van der Waals surface area contributed by atoms with Crippen molar-refractivity contribution in [3.8, 4) is 0 Å². The van der Waals surface area contributed by atoms with Crippen LogP contribution in [0.4, 0.5) is 5.69 Å². The van der Waals surface area contributed by atoms with Gasteiger partial charge in [0.1, 0.15) is 0 Å². The molecule has 0 aliphatic carbocycles. The molecule has 0 saturated carbocycles. The van der Waals surface area contributed by atoms with E-state index in [1.807, 2.05) is 7.05 Å². The summed E-state index contributed by atoms with van der Waals surface area (Å²) in [6.45, 7) is 11.9. The molecule has 0 aliphatic heterocycles. The second-order valence-electron chi connectivity index (χ2n) is 5.44. The molecule has 2 heteroatoms. The fourth-order valence-electron chi connectivity index (χ4n) is 1.85. The molecule has 0 atom stereocenters. The summed E-state index contributed by atoms with van der Waals surface area (Å²) in [4.78, 5) is 0. The van der Waals surface area contributed by atoms with Gasteiger partial charge < -0.3 is 10.6 Å². The maximum absolute atomic E-state index is 3.40. The van der Waals surface area contributed by atoms with Gasteiger partial charge in [0.15, 0.2) is 0 Å². The highest BCUT2D eigenvalue weighted by molar-refractivity contribution is 5.58. The van der Waals surface area contributed by atoms with E-state index in [-0.39, 0.29) is 5.41 Å². The zero-order chi connectivity index (χ0) is 12.3. The maximum Gasteiger partial charge on any atom is 0.0650 e. The van der Waals surface area contributed by atoms with Crippen molar-refractivity contribution in [1.82, 2.24) is 5.32 Å². The molecule has 1 rings (SSSR count). The lowest BCUT2D eigenvalue weighted by Crippen LogP contribution is -2.19. The van der Waals surface area contributed by atoms with E-state index in [0.717, 1.165) is 6.67 Å². The number of benzene rings is 1. The summed E-state index contributed by atoms with van der Waals surface area (Å²) < 4.78 is 0. The van der Waals surface area contributed by atoms with E-state index < -0.39 is 0 Å². The van der Waals surface area contributed by atoms with E-state index in [9.17, 15) is 0 Å². The van der Waals surface area contributed by atoms with Gasteiger partial charge in [0.25, 0.3) is 0 Å². The van der Waals surface area contributed by atoms with Crippen LogP contribution in [0.1, 0.15) is 37.5 Å². The van der Waals surface area contributed by atoms with E-state index in [4.69, 9.17) is 0 Å². The van der Waals surface area contributed by atoms with Crippen LogP contribution in [0.15, 0.2) is 12.1 Å². The summed E-state index contributed by atoms with van der Waals surface area (Å²) in [6.07, 6.45) is 0. The van der Waals surface area contributed by atoms with Gasteiger partial charge in [0.05, 0.1) is 6.67 Å². The van der Waals surface area contributed by atoms with Crippen molar-refractivity contribution >= 4 is 5.69 Å². The fourth-order valence-corrected chi connectivity index (χ4v) is 1.85. The van der Waals surface area contributed by atoms with Crippen LogP contribution in [0.3, 0.4) is 0 Å². The number of nitrogens with one attached hydrogen (secondary N) is 2. The number of aryl methyl sites for hydroxylation is 2. The van der Waals surface area contributed by atoms with E-state index in [0.29, 0.717) is 0 Å². The highest BCUT2D eigenvalue weighted by Gasteiger charge is 2.15. The van der Waals surface area contributed by atoms with E-state index in [2.05, 4.69) is 57.4 Å². The van der Waals surface area contributed by atoms with Crippen molar-refractivity contribution in [1.29, 1.82) is 0 Å². The van der Waals surface area contributed by atoms with Gasteiger partial charge in [-0.2, -0.15) is 0 Å². The van der Waals surface area contributed by atoms with Crippen LogP contribution in [0.2, 0.25) is 0 Å². The standard InChI is InChI=1S/C14H24N2/c1-10-7-12(14(3,4)5)8-11(2)13(10)16-9-15-6/h7-8,15-16H,9H2,1-6H3. The Morgan fingerprint density at radius 3 is 1.94 bits per heavy atom. The van der Waals surface area contributed by atoms with Gasteiger partial charge in [0, 0.05) is 5.69 Å². The first-order chi connectivity index (χ1) is 7.36. The smallest absolute Gasteiger partial charge is 0.0650 e. The van der Waals surface area contributed by atoms with Crippen molar-refractivity contribution in [2.75, 3.05) is 19.0 Å². The first-order valence-corrected chi connectivity index (χ1v) is 5.86. The Morgan fingerprint density at radius 2 is 1.56 bits per heavy atom. The lowest BCUT2D eigenvalue weighted by molar-refractivity contribution is 0.589. The Bertz CT molecular complexity index is 338. The van der Waals surface area contributed by atoms with Crippen molar-refractivity contribution in [2.24, 2.45) is 0 Å². The lowest BCUT2D eigenvalue weighted by atomic mass is 9.85. The zero-order valence-corrected chi connectivity index (χ0v) is 11.4. The molecule has 0 spiro atoms. The monoisotopic (exact) mass is 220 g/mol. The van der Waals surface area contributed by atoms with Crippen molar-refractivity contribution in [3.63, 3.8) is 0 Å². The molecule has 1 aromatic carbocycles.